The Bertz CT molecular complexity index is 859. The number of benzene rings is 1. The van der Waals surface area contributed by atoms with Crippen molar-refractivity contribution in [3.8, 4) is 0 Å². The molecule has 0 radical (unpaired) electrons. The van der Waals surface area contributed by atoms with Gasteiger partial charge in [0.1, 0.15) is 0 Å². The number of carbonyl (C=O) groups excluding carboxylic acids is 1. The van der Waals surface area contributed by atoms with E-state index in [4.69, 9.17) is 0 Å². The summed E-state index contributed by atoms with van der Waals surface area (Å²) >= 11 is 0. The lowest BCUT2D eigenvalue weighted by Gasteiger charge is -2.33. The van der Waals surface area contributed by atoms with Gasteiger partial charge in [0.25, 0.3) is 0 Å². The Morgan fingerprint density at radius 1 is 1.04 bits per heavy atom. The van der Waals surface area contributed by atoms with Gasteiger partial charge in [-0.2, -0.15) is 4.31 Å². The lowest BCUT2D eigenvalue weighted by molar-refractivity contribution is -0.127. The second-order valence-corrected chi connectivity index (χ2v) is 8.05. The van der Waals surface area contributed by atoms with Crippen molar-refractivity contribution in [1.82, 2.24) is 14.2 Å². The normalized spacial score (nSPS) is 16.1. The highest BCUT2D eigenvalue weighted by atomic mass is 32.2. The van der Waals surface area contributed by atoms with Gasteiger partial charge in [-0.05, 0) is 23.3 Å². The molecule has 1 saturated heterocycles. The molecule has 7 heteroatoms. The van der Waals surface area contributed by atoms with Gasteiger partial charge in [-0.3, -0.25) is 9.78 Å². The third kappa shape index (κ3) is 4.77. The van der Waals surface area contributed by atoms with E-state index in [-0.39, 0.29) is 11.7 Å². The summed E-state index contributed by atoms with van der Waals surface area (Å²) in [6.45, 7) is 1.43. The minimum Gasteiger partial charge on any atom is -0.337 e. The molecule has 0 bridgehead atoms. The Kier molecular flexibility index (Phi) is 5.80. The third-order valence-corrected chi connectivity index (χ3v) is 6.09. The molecule has 136 valence electrons. The number of rotatable bonds is 5. The fourth-order valence-electron chi connectivity index (χ4n) is 2.81. The lowest BCUT2D eigenvalue weighted by atomic mass is 10.2. The van der Waals surface area contributed by atoms with Gasteiger partial charge in [-0.25, -0.2) is 8.42 Å². The molecule has 1 fully saturated rings. The molecule has 1 aliphatic heterocycles. The number of hydrogen-bond donors (Lipinski definition) is 0. The molecule has 0 atom stereocenters. The Hall–Kier alpha value is -2.51. The molecule has 1 amide bonds. The van der Waals surface area contributed by atoms with Gasteiger partial charge in [0.15, 0.2) is 0 Å². The summed E-state index contributed by atoms with van der Waals surface area (Å²) in [6, 6.07) is 12.8. The maximum atomic E-state index is 12.5. The molecule has 0 unspecified atom stereocenters. The van der Waals surface area contributed by atoms with Gasteiger partial charge >= 0.3 is 0 Å². The highest BCUT2D eigenvalue weighted by Crippen LogP contribution is 2.14. The molecular weight excluding hydrogens is 350 g/mol. The number of amides is 1. The van der Waals surface area contributed by atoms with Gasteiger partial charge in [-0.1, -0.05) is 36.4 Å². The zero-order valence-electron chi connectivity index (χ0n) is 14.4. The topological polar surface area (TPSA) is 70.6 Å². The van der Waals surface area contributed by atoms with E-state index in [1.165, 1.54) is 10.4 Å². The molecule has 1 aliphatic rings. The van der Waals surface area contributed by atoms with E-state index in [1.54, 1.807) is 41.6 Å². The number of carbonyl (C=O) groups is 1. The summed E-state index contributed by atoms with van der Waals surface area (Å²) in [5, 5.41) is 0. The summed E-state index contributed by atoms with van der Waals surface area (Å²) in [6.07, 6.45) is 6.57. The fourth-order valence-corrected chi connectivity index (χ4v) is 4.33. The molecule has 6 nitrogen and oxygen atoms in total. The molecule has 0 aliphatic carbocycles. The van der Waals surface area contributed by atoms with Gasteiger partial charge < -0.3 is 4.90 Å². The highest BCUT2D eigenvalue weighted by Gasteiger charge is 2.28. The van der Waals surface area contributed by atoms with Crippen LogP contribution < -0.4 is 0 Å². The van der Waals surface area contributed by atoms with Crippen molar-refractivity contribution in [3.05, 3.63) is 72.1 Å². The quantitative estimate of drug-likeness (QED) is 0.751. The summed E-state index contributed by atoms with van der Waals surface area (Å²) in [5.74, 6) is -0.128. The number of pyridine rings is 1. The van der Waals surface area contributed by atoms with E-state index < -0.39 is 10.0 Å². The van der Waals surface area contributed by atoms with E-state index in [0.717, 1.165) is 11.1 Å². The minimum absolute atomic E-state index is 0.0112. The molecular formula is C19H21N3O3S. The smallest absolute Gasteiger partial charge is 0.246 e. The van der Waals surface area contributed by atoms with Crippen LogP contribution in [0.2, 0.25) is 0 Å². The first-order valence-electron chi connectivity index (χ1n) is 8.43. The molecule has 2 heterocycles. The Morgan fingerprint density at radius 3 is 2.42 bits per heavy atom. The monoisotopic (exact) mass is 371 g/mol. The van der Waals surface area contributed by atoms with Crippen LogP contribution in [0.5, 0.6) is 0 Å². The first-order chi connectivity index (χ1) is 12.5. The minimum atomic E-state index is -3.37. The first-order valence-corrected chi connectivity index (χ1v) is 10.0. The van der Waals surface area contributed by atoms with Crippen molar-refractivity contribution < 1.29 is 13.2 Å². The van der Waals surface area contributed by atoms with Crippen LogP contribution in [-0.2, 0) is 20.6 Å². The van der Waals surface area contributed by atoms with Crippen LogP contribution in [0.25, 0.3) is 6.08 Å². The van der Waals surface area contributed by atoms with Crippen LogP contribution in [0.1, 0.15) is 11.1 Å². The zero-order valence-corrected chi connectivity index (χ0v) is 15.2. The van der Waals surface area contributed by atoms with Crippen LogP contribution in [0.4, 0.5) is 0 Å². The average Bonchev–Trinajstić information content (AvgIpc) is 2.67. The maximum Gasteiger partial charge on any atom is 0.246 e. The molecule has 3 rings (SSSR count). The van der Waals surface area contributed by atoms with Crippen molar-refractivity contribution in [2.75, 3.05) is 26.2 Å². The van der Waals surface area contributed by atoms with Crippen LogP contribution in [0, 0.1) is 0 Å². The molecule has 0 saturated carbocycles. The van der Waals surface area contributed by atoms with Crippen LogP contribution >= 0.6 is 0 Å². The average molecular weight is 371 g/mol. The van der Waals surface area contributed by atoms with E-state index in [0.29, 0.717) is 26.2 Å². The summed E-state index contributed by atoms with van der Waals surface area (Å²) in [5.41, 5.74) is 1.62. The summed E-state index contributed by atoms with van der Waals surface area (Å²) < 4.78 is 26.6. The molecule has 0 N–H and O–H groups in total. The van der Waals surface area contributed by atoms with Gasteiger partial charge in [0, 0.05) is 44.6 Å². The van der Waals surface area contributed by atoms with Gasteiger partial charge in [0.05, 0.1) is 5.75 Å². The summed E-state index contributed by atoms with van der Waals surface area (Å²) in [4.78, 5) is 17.9. The molecule has 0 spiro atoms. The Morgan fingerprint density at radius 2 is 1.77 bits per heavy atom. The molecule has 1 aromatic heterocycles. The third-order valence-electron chi connectivity index (χ3n) is 4.24. The maximum absolute atomic E-state index is 12.5. The SMILES string of the molecule is O=C(/C=C/c1cccnc1)N1CCN(S(=O)(=O)Cc2ccccc2)CC1. The predicted molar refractivity (Wildman–Crippen MR) is 100 cm³/mol. The van der Waals surface area contributed by atoms with E-state index in [2.05, 4.69) is 4.98 Å². The van der Waals surface area contributed by atoms with E-state index in [1.807, 2.05) is 24.3 Å². The van der Waals surface area contributed by atoms with Gasteiger partial charge in [0.2, 0.25) is 15.9 Å². The number of nitrogens with zero attached hydrogens (tertiary/aromatic N) is 3. The van der Waals surface area contributed by atoms with Gasteiger partial charge in [-0.15, -0.1) is 0 Å². The number of aromatic nitrogens is 1. The van der Waals surface area contributed by atoms with Crippen molar-refractivity contribution >= 4 is 22.0 Å². The molecule has 26 heavy (non-hydrogen) atoms. The number of hydrogen-bond acceptors (Lipinski definition) is 4. The fraction of sp³-hybridized carbons (Fsp3) is 0.263. The summed E-state index contributed by atoms with van der Waals surface area (Å²) in [7, 11) is -3.37. The number of sulfonamides is 1. The predicted octanol–water partition coefficient (Wildman–Crippen LogP) is 1.77. The van der Waals surface area contributed by atoms with Crippen LogP contribution in [-0.4, -0.2) is 54.7 Å². The van der Waals surface area contributed by atoms with Crippen molar-refractivity contribution in [1.29, 1.82) is 0 Å². The first kappa shape index (κ1) is 18.3. The molecule has 1 aromatic carbocycles. The second kappa shape index (κ2) is 8.25. The zero-order chi connectivity index (χ0) is 18.4. The Labute approximate surface area is 153 Å². The van der Waals surface area contributed by atoms with Crippen LogP contribution in [0.3, 0.4) is 0 Å². The van der Waals surface area contributed by atoms with E-state index >= 15 is 0 Å². The Balaban J connectivity index is 1.55. The lowest BCUT2D eigenvalue weighted by Crippen LogP contribution is -2.50. The van der Waals surface area contributed by atoms with E-state index in [9.17, 15) is 13.2 Å². The molecule has 2 aromatic rings. The van der Waals surface area contributed by atoms with Crippen LogP contribution in [0.15, 0.2) is 60.9 Å². The highest BCUT2D eigenvalue weighted by molar-refractivity contribution is 7.88. The largest absolute Gasteiger partial charge is 0.337 e. The standard InChI is InChI=1S/C19H21N3O3S/c23-19(9-8-17-7-4-10-20-15-17)21-11-13-22(14-12-21)26(24,25)16-18-5-2-1-3-6-18/h1-10,15H,11-14,16H2/b9-8+. The van der Waals surface area contributed by atoms with Crippen molar-refractivity contribution in [2.45, 2.75) is 5.75 Å². The second-order valence-electron chi connectivity index (χ2n) is 6.09. The number of piperazine rings is 1. The van der Waals surface area contributed by atoms with Crippen molar-refractivity contribution in [2.24, 2.45) is 0 Å². The van der Waals surface area contributed by atoms with Crippen molar-refractivity contribution in [3.63, 3.8) is 0 Å².